The molecule has 0 radical (unpaired) electrons. The lowest BCUT2D eigenvalue weighted by molar-refractivity contribution is -0.139. The molecular formula is C26H30FN9O3. The van der Waals surface area contributed by atoms with E-state index in [0.29, 0.717) is 22.9 Å². The van der Waals surface area contributed by atoms with Crippen molar-refractivity contribution in [3.63, 3.8) is 0 Å². The maximum Gasteiger partial charge on any atom is 0.269 e. The molecule has 2 saturated heterocycles. The molecule has 13 heteroatoms. The van der Waals surface area contributed by atoms with Crippen LogP contribution in [0.5, 0.6) is 0 Å². The highest BCUT2D eigenvalue weighted by atomic mass is 19.1. The Morgan fingerprint density at radius 1 is 1.13 bits per heavy atom. The van der Waals surface area contributed by atoms with Crippen LogP contribution >= 0.6 is 0 Å². The number of hydrogen-bond acceptors (Lipinski definition) is 8. The van der Waals surface area contributed by atoms with Crippen molar-refractivity contribution >= 4 is 28.6 Å². The van der Waals surface area contributed by atoms with Crippen LogP contribution in [0.3, 0.4) is 0 Å². The molecule has 39 heavy (non-hydrogen) atoms. The lowest BCUT2D eigenvalue weighted by Crippen LogP contribution is -2.52. The van der Waals surface area contributed by atoms with Crippen LogP contribution in [0.1, 0.15) is 36.2 Å². The van der Waals surface area contributed by atoms with E-state index >= 15 is 0 Å². The SMILES string of the molecule is NC(=O)c1nn(CC(=O)N2C[C@H](F)C[C@H]2C(=O)NC2CCC3CNNC3C2)c2ccc(-c3ccnnc3)cc12. The Morgan fingerprint density at radius 2 is 2.00 bits per heavy atom. The zero-order valence-corrected chi connectivity index (χ0v) is 21.2. The highest BCUT2D eigenvalue weighted by Gasteiger charge is 2.42. The number of carbonyl (C=O) groups is 3. The van der Waals surface area contributed by atoms with Crippen molar-refractivity contribution < 1.29 is 18.8 Å². The quantitative estimate of drug-likeness (QED) is 0.350. The third kappa shape index (κ3) is 4.94. The van der Waals surface area contributed by atoms with Gasteiger partial charge >= 0.3 is 0 Å². The molecule has 0 bridgehead atoms. The number of nitrogens with zero attached hydrogens (tertiary/aromatic N) is 5. The molecule has 204 valence electrons. The minimum Gasteiger partial charge on any atom is -0.364 e. The monoisotopic (exact) mass is 535 g/mol. The van der Waals surface area contributed by atoms with Gasteiger partial charge in [0.05, 0.1) is 24.5 Å². The number of likely N-dealkylation sites (tertiary alicyclic amines) is 1. The van der Waals surface area contributed by atoms with Gasteiger partial charge in [0.2, 0.25) is 11.8 Å². The van der Waals surface area contributed by atoms with Gasteiger partial charge in [0.25, 0.3) is 5.91 Å². The predicted molar refractivity (Wildman–Crippen MR) is 138 cm³/mol. The number of rotatable bonds is 6. The van der Waals surface area contributed by atoms with Crippen LogP contribution < -0.4 is 21.9 Å². The lowest BCUT2D eigenvalue weighted by atomic mass is 9.83. The fourth-order valence-electron chi connectivity index (χ4n) is 6.05. The molecular weight excluding hydrogens is 505 g/mol. The fourth-order valence-corrected chi connectivity index (χ4v) is 6.05. The summed E-state index contributed by atoms with van der Waals surface area (Å²) in [7, 11) is 0. The molecule has 1 aliphatic carbocycles. The molecule has 6 rings (SSSR count). The minimum atomic E-state index is -1.30. The van der Waals surface area contributed by atoms with E-state index in [0.717, 1.165) is 36.9 Å². The number of hydrogen-bond donors (Lipinski definition) is 4. The summed E-state index contributed by atoms with van der Waals surface area (Å²) in [6, 6.07) is 6.47. The summed E-state index contributed by atoms with van der Waals surface area (Å²) in [5.41, 5.74) is 14.1. The minimum absolute atomic E-state index is 0.0198. The second-order valence-electron chi connectivity index (χ2n) is 10.5. The van der Waals surface area contributed by atoms with E-state index in [9.17, 15) is 18.8 Å². The molecule has 4 heterocycles. The summed E-state index contributed by atoms with van der Waals surface area (Å²) in [5.74, 6) is -0.982. The summed E-state index contributed by atoms with van der Waals surface area (Å²) in [6.45, 7) is 0.486. The van der Waals surface area contributed by atoms with Crippen LogP contribution in [0.2, 0.25) is 0 Å². The maximum absolute atomic E-state index is 14.5. The molecule has 3 fully saturated rings. The molecule has 1 saturated carbocycles. The van der Waals surface area contributed by atoms with Gasteiger partial charge in [0.15, 0.2) is 5.69 Å². The highest BCUT2D eigenvalue weighted by molar-refractivity contribution is 6.05. The fraction of sp³-hybridized carbons (Fsp3) is 0.462. The number of nitrogens with two attached hydrogens (primary N) is 1. The number of alkyl halides is 1. The van der Waals surface area contributed by atoms with E-state index in [-0.39, 0.29) is 37.2 Å². The molecule has 2 aliphatic heterocycles. The van der Waals surface area contributed by atoms with Crippen LogP contribution in [0.25, 0.3) is 22.0 Å². The first kappa shape index (κ1) is 25.3. The van der Waals surface area contributed by atoms with Crippen molar-refractivity contribution in [1.82, 2.24) is 41.0 Å². The molecule has 12 nitrogen and oxygen atoms in total. The third-order valence-electron chi connectivity index (χ3n) is 8.05. The largest absolute Gasteiger partial charge is 0.364 e. The number of halogens is 1. The number of fused-ring (bicyclic) bond motifs is 2. The van der Waals surface area contributed by atoms with Crippen molar-refractivity contribution in [3.05, 3.63) is 42.4 Å². The predicted octanol–water partition coefficient (Wildman–Crippen LogP) is 0.293. The van der Waals surface area contributed by atoms with Crippen LogP contribution in [0.15, 0.2) is 36.7 Å². The first-order chi connectivity index (χ1) is 18.9. The van der Waals surface area contributed by atoms with Gasteiger partial charge in [-0.2, -0.15) is 15.3 Å². The van der Waals surface area contributed by atoms with E-state index in [2.05, 4.69) is 31.5 Å². The Labute approximate surface area is 223 Å². The second-order valence-corrected chi connectivity index (χ2v) is 10.5. The Kier molecular flexibility index (Phi) is 6.69. The van der Waals surface area contributed by atoms with Crippen molar-refractivity contribution in [2.45, 2.75) is 56.5 Å². The maximum atomic E-state index is 14.5. The second kappa shape index (κ2) is 10.3. The summed E-state index contributed by atoms with van der Waals surface area (Å²) >= 11 is 0. The molecule has 3 aliphatic rings. The number of nitrogens with one attached hydrogen (secondary N) is 3. The Balaban J connectivity index is 1.20. The number of amides is 3. The van der Waals surface area contributed by atoms with E-state index in [1.54, 1.807) is 30.6 Å². The average Bonchev–Trinajstić information content (AvgIpc) is 3.65. The third-order valence-corrected chi connectivity index (χ3v) is 8.05. The molecule has 1 aromatic carbocycles. The van der Waals surface area contributed by atoms with Crippen LogP contribution in [-0.2, 0) is 16.1 Å². The highest BCUT2D eigenvalue weighted by Crippen LogP contribution is 2.29. The summed E-state index contributed by atoms with van der Waals surface area (Å²) in [5, 5.41) is 15.5. The molecule has 3 aromatic rings. The van der Waals surface area contributed by atoms with E-state index in [1.807, 2.05) is 6.07 Å². The molecule has 3 amide bonds. The van der Waals surface area contributed by atoms with Gasteiger partial charge in [-0.15, -0.1) is 0 Å². The zero-order valence-electron chi connectivity index (χ0n) is 21.2. The normalized spacial score (nSPS) is 26.5. The molecule has 2 aromatic heterocycles. The molecule has 0 spiro atoms. The lowest BCUT2D eigenvalue weighted by Gasteiger charge is -2.33. The van der Waals surface area contributed by atoms with Crippen LogP contribution in [0, 0.1) is 5.92 Å². The van der Waals surface area contributed by atoms with E-state index in [1.165, 1.54) is 9.58 Å². The van der Waals surface area contributed by atoms with E-state index < -0.39 is 24.0 Å². The molecule has 3 unspecified atom stereocenters. The first-order valence-electron chi connectivity index (χ1n) is 13.2. The van der Waals surface area contributed by atoms with Gasteiger partial charge in [-0.1, -0.05) is 6.07 Å². The summed E-state index contributed by atoms with van der Waals surface area (Å²) in [6.07, 6.45) is 4.43. The molecule has 5 atom stereocenters. The average molecular weight is 536 g/mol. The number of aromatic nitrogens is 4. The number of benzene rings is 1. The first-order valence-corrected chi connectivity index (χ1v) is 13.2. The van der Waals surface area contributed by atoms with Gasteiger partial charge in [-0.3, -0.25) is 29.9 Å². The Morgan fingerprint density at radius 3 is 2.79 bits per heavy atom. The Bertz CT molecular complexity index is 1410. The number of carbonyl (C=O) groups excluding carboxylic acids is 3. The van der Waals surface area contributed by atoms with Crippen LogP contribution in [0.4, 0.5) is 4.39 Å². The summed E-state index contributed by atoms with van der Waals surface area (Å²) in [4.78, 5) is 40.1. The van der Waals surface area contributed by atoms with E-state index in [4.69, 9.17) is 5.73 Å². The van der Waals surface area contributed by atoms with Gasteiger partial charge in [0, 0.05) is 36.0 Å². The van der Waals surface area contributed by atoms with Crippen molar-refractivity contribution in [2.75, 3.05) is 13.1 Å². The van der Waals surface area contributed by atoms with Crippen molar-refractivity contribution in [3.8, 4) is 11.1 Å². The van der Waals surface area contributed by atoms with Gasteiger partial charge in [0.1, 0.15) is 18.8 Å². The van der Waals surface area contributed by atoms with Gasteiger partial charge in [-0.25, -0.2) is 4.39 Å². The topological polar surface area (TPSA) is 160 Å². The summed E-state index contributed by atoms with van der Waals surface area (Å²) < 4.78 is 15.9. The standard InChI is InChI=1S/C26H30FN9O3/c27-17-8-22(26(39)32-18-3-1-16-11-31-33-20(16)9-18)35(12-17)23(37)13-36-21-4-2-14(15-5-6-29-30-10-15)7-19(21)24(34-36)25(28)38/h2,4-7,10,16-18,20,22,31,33H,1,3,8-9,11-13H2,(H2,28,38)(H,32,39)/t16?,17-,18?,20?,22+/m1/s1. The van der Waals surface area contributed by atoms with Crippen LogP contribution in [-0.4, -0.2) is 80.0 Å². The smallest absolute Gasteiger partial charge is 0.269 e. The van der Waals surface area contributed by atoms with Crippen molar-refractivity contribution in [1.29, 1.82) is 0 Å². The number of hydrazine groups is 1. The Hall–Kier alpha value is -3.97. The van der Waals surface area contributed by atoms with Gasteiger partial charge < -0.3 is 16.0 Å². The zero-order chi connectivity index (χ0) is 27.1. The van der Waals surface area contributed by atoms with Gasteiger partial charge in [-0.05, 0) is 48.9 Å². The molecule has 5 N–H and O–H groups in total. The number of primary amides is 1. The van der Waals surface area contributed by atoms with Crippen molar-refractivity contribution in [2.24, 2.45) is 11.7 Å².